The van der Waals surface area contributed by atoms with Crippen LogP contribution in [0.25, 0.3) is 22.2 Å². The Bertz CT molecular complexity index is 2180. The molecular weight excluding hydrogens is 626 g/mol. The van der Waals surface area contributed by atoms with E-state index in [4.69, 9.17) is 30.8 Å². The summed E-state index contributed by atoms with van der Waals surface area (Å²) in [6.07, 6.45) is 3.89. The maximum atomic E-state index is 16.0. The summed E-state index contributed by atoms with van der Waals surface area (Å²) in [5, 5.41) is 0.252. The van der Waals surface area contributed by atoms with E-state index in [1.54, 1.807) is 68.0 Å². The van der Waals surface area contributed by atoms with Crippen LogP contribution in [0.3, 0.4) is 0 Å². The summed E-state index contributed by atoms with van der Waals surface area (Å²) in [5.74, 6) is -1.58. The number of hydrogen-bond donors (Lipinski definition) is 0. The highest BCUT2D eigenvalue weighted by Gasteiger charge is 2.42. The van der Waals surface area contributed by atoms with Crippen LogP contribution in [0.15, 0.2) is 85.3 Å². The third-order valence-electron chi connectivity index (χ3n) is 8.39. The molecule has 7 rings (SSSR count). The Morgan fingerprint density at radius 1 is 1.00 bits per heavy atom. The van der Waals surface area contributed by atoms with Crippen LogP contribution >= 0.6 is 11.6 Å². The van der Waals surface area contributed by atoms with E-state index in [0.29, 0.717) is 58.1 Å². The van der Waals surface area contributed by atoms with Gasteiger partial charge in [0, 0.05) is 42.2 Å². The van der Waals surface area contributed by atoms with Crippen LogP contribution in [-0.2, 0) is 30.0 Å². The fourth-order valence-corrected chi connectivity index (χ4v) is 6.19. The second kappa shape index (κ2) is 11.9. The Labute approximate surface area is 274 Å². The van der Waals surface area contributed by atoms with E-state index >= 15 is 4.39 Å². The molecule has 2 aromatic heterocycles. The standard InChI is InChI=1S/C36H29ClF2N4O4/c1-4-42-20-40-18-24(42)19-43-31-16-22(35(44)45-3)9-13-30(31)41-33(43)15-21-8-11-25(28(38)14-21)26-6-5-7-32-34(26)47-36(2,46-32)27-12-10-23(37)17-29(27)39/h5-14,16-18,20H,4,15,19H2,1-3H3. The molecule has 6 aromatic rings. The Hall–Kier alpha value is -5.22. The quantitative estimate of drug-likeness (QED) is 0.155. The van der Waals surface area contributed by atoms with Gasteiger partial charge in [-0.3, -0.25) is 0 Å². The molecular formula is C36H29ClF2N4O4. The smallest absolute Gasteiger partial charge is 0.337 e. The molecule has 1 atom stereocenters. The fourth-order valence-electron chi connectivity index (χ4n) is 6.03. The van der Waals surface area contributed by atoms with Crippen LogP contribution in [-0.4, -0.2) is 32.2 Å². The lowest BCUT2D eigenvalue weighted by atomic mass is 10.0. The average Bonchev–Trinajstić information content (AvgIpc) is 3.75. The molecule has 0 aliphatic carbocycles. The molecule has 11 heteroatoms. The first-order valence-electron chi connectivity index (χ1n) is 15.0. The van der Waals surface area contributed by atoms with E-state index in [1.807, 2.05) is 22.1 Å². The van der Waals surface area contributed by atoms with Crippen molar-refractivity contribution in [2.24, 2.45) is 0 Å². The number of carbonyl (C=O) groups is 1. The van der Waals surface area contributed by atoms with Crippen LogP contribution in [0.5, 0.6) is 11.5 Å². The first kappa shape index (κ1) is 30.4. The second-order valence-electron chi connectivity index (χ2n) is 11.4. The molecule has 47 heavy (non-hydrogen) atoms. The number of ether oxygens (including phenoxy) is 3. The van der Waals surface area contributed by atoms with E-state index in [0.717, 1.165) is 17.8 Å². The minimum absolute atomic E-state index is 0.170. The van der Waals surface area contributed by atoms with Crippen molar-refractivity contribution in [2.45, 2.75) is 39.1 Å². The van der Waals surface area contributed by atoms with E-state index in [1.165, 1.54) is 25.3 Å². The molecule has 1 aliphatic heterocycles. The van der Waals surface area contributed by atoms with Gasteiger partial charge < -0.3 is 23.3 Å². The largest absolute Gasteiger partial charge is 0.465 e. The Kier molecular flexibility index (Phi) is 7.68. The molecule has 0 N–H and O–H groups in total. The number of rotatable bonds is 8. The van der Waals surface area contributed by atoms with Crippen LogP contribution in [0, 0.1) is 11.6 Å². The molecule has 0 saturated carbocycles. The third-order valence-corrected chi connectivity index (χ3v) is 8.63. The fraction of sp³-hybridized carbons (Fsp3) is 0.194. The number of halogens is 3. The van der Waals surface area contributed by atoms with Gasteiger partial charge in [0.1, 0.15) is 17.5 Å². The molecule has 3 heterocycles. The van der Waals surface area contributed by atoms with E-state index in [-0.39, 0.29) is 10.6 Å². The van der Waals surface area contributed by atoms with Gasteiger partial charge in [-0.1, -0.05) is 35.9 Å². The van der Waals surface area contributed by atoms with Gasteiger partial charge in [0.15, 0.2) is 11.5 Å². The summed E-state index contributed by atoms with van der Waals surface area (Å²) in [7, 11) is 1.34. The number of fused-ring (bicyclic) bond motifs is 2. The van der Waals surface area contributed by atoms with Crippen molar-refractivity contribution in [1.82, 2.24) is 19.1 Å². The van der Waals surface area contributed by atoms with Gasteiger partial charge in [-0.05, 0) is 61.0 Å². The zero-order valence-corrected chi connectivity index (χ0v) is 26.5. The number of para-hydroxylation sites is 1. The van der Waals surface area contributed by atoms with Crippen molar-refractivity contribution in [2.75, 3.05) is 7.11 Å². The van der Waals surface area contributed by atoms with Crippen LogP contribution in [0.1, 0.15) is 46.9 Å². The average molecular weight is 655 g/mol. The zero-order valence-electron chi connectivity index (χ0n) is 25.8. The van der Waals surface area contributed by atoms with Crippen molar-refractivity contribution in [1.29, 1.82) is 0 Å². The van der Waals surface area contributed by atoms with Crippen molar-refractivity contribution in [3.8, 4) is 22.6 Å². The van der Waals surface area contributed by atoms with Crippen molar-refractivity contribution < 1.29 is 27.8 Å². The maximum Gasteiger partial charge on any atom is 0.337 e. The summed E-state index contributed by atoms with van der Waals surface area (Å²) in [5.41, 5.74) is 4.46. The predicted molar refractivity (Wildman–Crippen MR) is 173 cm³/mol. The van der Waals surface area contributed by atoms with Gasteiger partial charge in [0.25, 0.3) is 5.79 Å². The molecule has 8 nitrogen and oxygen atoms in total. The molecule has 0 fully saturated rings. The summed E-state index contributed by atoms with van der Waals surface area (Å²) in [6, 6.07) is 19.7. The van der Waals surface area contributed by atoms with Crippen molar-refractivity contribution in [3.05, 3.63) is 130 Å². The van der Waals surface area contributed by atoms with Crippen molar-refractivity contribution >= 4 is 28.6 Å². The molecule has 0 saturated heterocycles. The van der Waals surface area contributed by atoms with Gasteiger partial charge in [-0.25, -0.2) is 23.5 Å². The highest BCUT2D eigenvalue weighted by Crippen LogP contribution is 2.50. The number of nitrogens with zero attached hydrogens (tertiary/aromatic N) is 4. The van der Waals surface area contributed by atoms with Gasteiger partial charge >= 0.3 is 5.97 Å². The number of carbonyl (C=O) groups excluding carboxylic acids is 1. The Morgan fingerprint density at radius 3 is 2.62 bits per heavy atom. The molecule has 1 aliphatic rings. The molecule has 0 radical (unpaired) electrons. The van der Waals surface area contributed by atoms with Gasteiger partial charge in [0.05, 0.1) is 47.8 Å². The minimum atomic E-state index is -1.47. The summed E-state index contributed by atoms with van der Waals surface area (Å²) < 4.78 is 52.1. The number of benzene rings is 4. The highest BCUT2D eigenvalue weighted by atomic mass is 35.5. The molecule has 1 unspecified atom stereocenters. The molecule has 0 amide bonds. The third kappa shape index (κ3) is 5.48. The zero-order chi connectivity index (χ0) is 32.9. The molecule has 4 aromatic carbocycles. The lowest BCUT2D eigenvalue weighted by Crippen LogP contribution is -2.32. The number of hydrogen-bond acceptors (Lipinski definition) is 6. The monoisotopic (exact) mass is 654 g/mol. The SMILES string of the molecule is CCn1cncc1Cn1c(Cc2ccc(-c3cccc4c3OC(C)(c3ccc(Cl)cc3F)O4)c(F)c2)nc2ccc(C(=O)OC)cc21. The summed E-state index contributed by atoms with van der Waals surface area (Å²) in [4.78, 5) is 21.5. The molecule has 238 valence electrons. The normalized spacial score (nSPS) is 15.4. The lowest BCUT2D eigenvalue weighted by Gasteiger charge is -2.24. The van der Waals surface area contributed by atoms with Gasteiger partial charge in [-0.2, -0.15) is 0 Å². The molecule has 0 bridgehead atoms. The first-order chi connectivity index (χ1) is 22.7. The number of esters is 1. The number of methoxy groups -OCH3 is 1. The number of aryl methyl sites for hydroxylation is 1. The summed E-state index contributed by atoms with van der Waals surface area (Å²) >= 11 is 5.95. The summed E-state index contributed by atoms with van der Waals surface area (Å²) in [6.45, 7) is 4.83. The second-order valence-corrected chi connectivity index (χ2v) is 11.8. The number of aromatic nitrogens is 4. The topological polar surface area (TPSA) is 80.4 Å². The van der Waals surface area contributed by atoms with Crippen molar-refractivity contribution in [3.63, 3.8) is 0 Å². The van der Waals surface area contributed by atoms with E-state index in [9.17, 15) is 9.18 Å². The highest BCUT2D eigenvalue weighted by molar-refractivity contribution is 6.30. The molecule has 0 spiro atoms. The minimum Gasteiger partial charge on any atom is -0.465 e. The van der Waals surface area contributed by atoms with E-state index in [2.05, 4.69) is 4.98 Å². The van der Waals surface area contributed by atoms with E-state index < -0.39 is 23.4 Å². The lowest BCUT2D eigenvalue weighted by molar-refractivity contribution is -0.0705. The maximum absolute atomic E-state index is 16.0. The predicted octanol–water partition coefficient (Wildman–Crippen LogP) is 7.92. The van der Waals surface area contributed by atoms with Gasteiger partial charge in [-0.15, -0.1) is 0 Å². The van der Waals surface area contributed by atoms with Crippen LogP contribution in [0.4, 0.5) is 8.78 Å². The van der Waals surface area contributed by atoms with Gasteiger partial charge in [0.2, 0.25) is 0 Å². The van der Waals surface area contributed by atoms with Crippen LogP contribution in [0.2, 0.25) is 5.02 Å². The number of imidazole rings is 2. The first-order valence-corrected chi connectivity index (χ1v) is 15.4. The van der Waals surface area contributed by atoms with Crippen LogP contribution < -0.4 is 9.47 Å². The Balaban J connectivity index is 1.23. The Morgan fingerprint density at radius 2 is 1.85 bits per heavy atom.